The molecule has 0 bridgehead atoms. The van der Waals surface area contributed by atoms with Crippen molar-refractivity contribution in [2.45, 2.75) is 58.5 Å². The fraction of sp³-hybridized carbons (Fsp3) is 0.625. The molecule has 0 radical (unpaired) electrons. The molecule has 0 aliphatic carbocycles. The molecule has 0 fully saturated rings. The number of hydrogen-bond acceptors (Lipinski definition) is 2. The third-order valence-corrected chi connectivity index (χ3v) is 3.58. The molecular weight excluding hydrogens is 291 g/mol. The predicted octanol–water partition coefficient (Wildman–Crippen LogP) is 4.58. The molecule has 2 aromatic heterocycles. The maximum Gasteiger partial charge on any atom is 0.420 e. The molecule has 0 spiro atoms. The van der Waals surface area contributed by atoms with E-state index in [0.717, 1.165) is 0 Å². The SMILES string of the molecule is Cn1nc(C(C)(C)C)c2cnc(C(C)(C)C)c(C(F)(F)F)c21. The van der Waals surface area contributed by atoms with Gasteiger partial charge in [0.2, 0.25) is 0 Å². The number of aromatic nitrogens is 3. The van der Waals surface area contributed by atoms with Crippen LogP contribution in [0.3, 0.4) is 0 Å². The van der Waals surface area contributed by atoms with Crippen LogP contribution in [0.5, 0.6) is 0 Å². The van der Waals surface area contributed by atoms with Crippen molar-refractivity contribution in [3.05, 3.63) is 23.1 Å². The summed E-state index contributed by atoms with van der Waals surface area (Å²) in [6.07, 6.45) is -2.95. The van der Waals surface area contributed by atoms with Gasteiger partial charge in [-0.05, 0) is 0 Å². The Kier molecular flexibility index (Phi) is 3.58. The van der Waals surface area contributed by atoms with Gasteiger partial charge >= 0.3 is 6.18 Å². The van der Waals surface area contributed by atoms with E-state index in [0.29, 0.717) is 11.1 Å². The van der Waals surface area contributed by atoms with Crippen LogP contribution in [0, 0.1) is 0 Å². The highest BCUT2D eigenvalue weighted by Gasteiger charge is 2.41. The van der Waals surface area contributed by atoms with Gasteiger partial charge in [0.25, 0.3) is 0 Å². The highest BCUT2D eigenvalue weighted by Crippen LogP contribution is 2.42. The number of hydrogen-bond donors (Lipinski definition) is 0. The van der Waals surface area contributed by atoms with Crippen LogP contribution in [0.25, 0.3) is 10.9 Å². The van der Waals surface area contributed by atoms with Gasteiger partial charge in [-0.25, -0.2) is 0 Å². The van der Waals surface area contributed by atoms with E-state index in [4.69, 9.17) is 0 Å². The van der Waals surface area contributed by atoms with E-state index in [-0.39, 0.29) is 16.6 Å². The normalized spacial score (nSPS) is 13.9. The molecule has 2 heterocycles. The minimum absolute atomic E-state index is 0.0518. The molecule has 0 atom stereocenters. The maximum absolute atomic E-state index is 13.7. The van der Waals surface area contributed by atoms with Crippen molar-refractivity contribution in [3.63, 3.8) is 0 Å². The largest absolute Gasteiger partial charge is 0.420 e. The lowest BCUT2D eigenvalue weighted by molar-refractivity contribution is -0.137. The van der Waals surface area contributed by atoms with Crippen LogP contribution >= 0.6 is 0 Å². The number of rotatable bonds is 0. The number of nitrogens with zero attached hydrogens (tertiary/aromatic N) is 3. The first-order valence-electron chi connectivity index (χ1n) is 7.18. The zero-order valence-electron chi connectivity index (χ0n) is 14.1. The van der Waals surface area contributed by atoms with Crippen LogP contribution in [0.2, 0.25) is 0 Å². The number of fused-ring (bicyclic) bond motifs is 1. The predicted molar refractivity (Wildman–Crippen MR) is 80.9 cm³/mol. The summed E-state index contributed by atoms with van der Waals surface area (Å²) in [5.41, 5.74) is -0.946. The molecule has 0 N–H and O–H groups in total. The van der Waals surface area contributed by atoms with Crippen molar-refractivity contribution in [1.82, 2.24) is 14.8 Å². The molecule has 6 heteroatoms. The summed E-state index contributed by atoms with van der Waals surface area (Å²) in [5.74, 6) is 0. The van der Waals surface area contributed by atoms with Gasteiger partial charge in [0, 0.05) is 29.5 Å². The summed E-state index contributed by atoms with van der Waals surface area (Å²) in [4.78, 5) is 4.16. The molecular formula is C16H22F3N3. The smallest absolute Gasteiger partial charge is 0.267 e. The fourth-order valence-electron chi connectivity index (χ4n) is 2.66. The van der Waals surface area contributed by atoms with Crippen LogP contribution in [0.1, 0.15) is 58.5 Å². The Bertz CT molecular complexity index is 713. The second-order valence-electron chi connectivity index (χ2n) is 7.71. The minimum Gasteiger partial charge on any atom is -0.267 e. The van der Waals surface area contributed by atoms with Crippen LogP contribution < -0.4 is 0 Å². The zero-order valence-corrected chi connectivity index (χ0v) is 14.1. The number of aryl methyl sites for hydroxylation is 1. The van der Waals surface area contributed by atoms with Crippen molar-refractivity contribution in [1.29, 1.82) is 0 Å². The van der Waals surface area contributed by atoms with E-state index in [9.17, 15) is 13.2 Å². The summed E-state index contributed by atoms with van der Waals surface area (Å²) in [5, 5.41) is 4.80. The van der Waals surface area contributed by atoms with Crippen molar-refractivity contribution in [3.8, 4) is 0 Å². The van der Waals surface area contributed by atoms with Crippen LogP contribution in [0.15, 0.2) is 6.20 Å². The summed E-state index contributed by atoms with van der Waals surface area (Å²) >= 11 is 0. The maximum atomic E-state index is 13.7. The standard InChI is InChI=1S/C16H22F3N3/c1-14(2,3)12-9-8-20-13(15(4,5)6)10(16(17,18)19)11(9)22(7)21-12/h8H,1-7H3. The molecule has 22 heavy (non-hydrogen) atoms. The van der Waals surface area contributed by atoms with Crippen LogP contribution in [0.4, 0.5) is 13.2 Å². The first-order valence-corrected chi connectivity index (χ1v) is 7.18. The molecule has 122 valence electrons. The minimum atomic E-state index is -4.47. The molecule has 0 aliphatic heterocycles. The molecule has 0 saturated heterocycles. The average molecular weight is 313 g/mol. The monoisotopic (exact) mass is 313 g/mol. The van der Waals surface area contributed by atoms with Gasteiger partial charge in [-0.3, -0.25) is 9.67 Å². The number of halogens is 3. The van der Waals surface area contributed by atoms with Gasteiger partial charge in [-0.15, -0.1) is 0 Å². The van der Waals surface area contributed by atoms with Gasteiger partial charge in [-0.1, -0.05) is 41.5 Å². The Hall–Kier alpha value is -1.59. The summed E-state index contributed by atoms with van der Waals surface area (Å²) in [6.45, 7) is 11.0. The van der Waals surface area contributed by atoms with E-state index in [1.807, 2.05) is 20.8 Å². The second kappa shape index (κ2) is 4.70. The quantitative estimate of drug-likeness (QED) is 0.712. The van der Waals surface area contributed by atoms with Crippen molar-refractivity contribution < 1.29 is 13.2 Å². The topological polar surface area (TPSA) is 30.7 Å². The van der Waals surface area contributed by atoms with Crippen molar-refractivity contribution in [2.24, 2.45) is 7.05 Å². The first-order chi connectivity index (χ1) is 9.74. The van der Waals surface area contributed by atoms with Crippen LogP contribution in [-0.4, -0.2) is 14.8 Å². The number of pyridine rings is 1. The summed E-state index contributed by atoms with van der Waals surface area (Å²) in [6, 6.07) is 0. The summed E-state index contributed by atoms with van der Waals surface area (Å²) in [7, 11) is 1.55. The van der Waals surface area contributed by atoms with E-state index in [1.54, 1.807) is 27.8 Å². The van der Waals surface area contributed by atoms with Gasteiger partial charge < -0.3 is 0 Å². The van der Waals surface area contributed by atoms with Crippen molar-refractivity contribution in [2.75, 3.05) is 0 Å². The Morgan fingerprint density at radius 2 is 1.41 bits per heavy atom. The highest BCUT2D eigenvalue weighted by molar-refractivity contribution is 5.86. The molecule has 0 aromatic carbocycles. The first kappa shape index (κ1) is 16.8. The van der Waals surface area contributed by atoms with Gasteiger partial charge in [-0.2, -0.15) is 18.3 Å². The highest BCUT2D eigenvalue weighted by atomic mass is 19.4. The molecule has 0 unspecified atom stereocenters. The molecule has 0 amide bonds. The van der Waals surface area contributed by atoms with Gasteiger partial charge in [0.15, 0.2) is 0 Å². The molecule has 0 aliphatic rings. The zero-order chi connectivity index (χ0) is 17.1. The second-order valence-corrected chi connectivity index (χ2v) is 7.71. The van der Waals surface area contributed by atoms with Gasteiger partial charge in [0.05, 0.1) is 16.9 Å². The Balaban J connectivity index is 2.99. The Morgan fingerprint density at radius 1 is 0.909 bits per heavy atom. The van der Waals surface area contributed by atoms with E-state index < -0.39 is 17.2 Å². The lowest BCUT2D eigenvalue weighted by atomic mass is 9.86. The fourth-order valence-corrected chi connectivity index (χ4v) is 2.66. The van der Waals surface area contributed by atoms with Crippen molar-refractivity contribution >= 4 is 10.9 Å². The average Bonchev–Trinajstić information content (AvgIpc) is 2.63. The Labute approximate surface area is 128 Å². The van der Waals surface area contributed by atoms with E-state index >= 15 is 0 Å². The molecule has 2 rings (SSSR count). The Morgan fingerprint density at radius 3 is 1.82 bits per heavy atom. The van der Waals surface area contributed by atoms with Crippen LogP contribution in [-0.2, 0) is 24.1 Å². The molecule has 3 nitrogen and oxygen atoms in total. The number of alkyl halides is 3. The van der Waals surface area contributed by atoms with E-state index in [2.05, 4.69) is 10.1 Å². The third-order valence-electron chi connectivity index (χ3n) is 3.58. The summed E-state index contributed by atoms with van der Waals surface area (Å²) < 4.78 is 42.5. The lowest BCUT2D eigenvalue weighted by Crippen LogP contribution is -2.22. The molecule has 0 saturated carbocycles. The third kappa shape index (κ3) is 2.71. The van der Waals surface area contributed by atoms with Gasteiger partial charge in [0.1, 0.15) is 5.56 Å². The molecule has 2 aromatic rings. The van der Waals surface area contributed by atoms with E-state index in [1.165, 1.54) is 10.9 Å². The lowest BCUT2D eigenvalue weighted by Gasteiger charge is -2.23.